The van der Waals surface area contributed by atoms with Crippen LogP contribution in [0, 0.1) is 0 Å². The molecule has 17 heavy (non-hydrogen) atoms. The summed E-state index contributed by atoms with van der Waals surface area (Å²) in [6, 6.07) is 5.06. The van der Waals surface area contributed by atoms with Gasteiger partial charge in [-0.3, -0.25) is 4.98 Å². The van der Waals surface area contributed by atoms with Crippen molar-refractivity contribution in [3.05, 3.63) is 39.5 Å². The van der Waals surface area contributed by atoms with Crippen molar-refractivity contribution >= 4 is 40.1 Å². The largest absolute Gasteiger partial charge is 0.478 e. The molecule has 0 atom stereocenters. The summed E-state index contributed by atoms with van der Waals surface area (Å²) in [5.41, 5.74) is 1.20. The fraction of sp³-hybridized carbons (Fsp3) is 0.167. The van der Waals surface area contributed by atoms with Gasteiger partial charge in [-0.25, -0.2) is 4.79 Å². The Morgan fingerprint density at radius 1 is 1.41 bits per heavy atom. The number of rotatable bonds is 2. The van der Waals surface area contributed by atoms with Crippen molar-refractivity contribution < 1.29 is 9.90 Å². The second-order valence-corrected chi connectivity index (χ2v) is 4.38. The van der Waals surface area contributed by atoms with Gasteiger partial charge in [-0.2, -0.15) is 0 Å². The predicted octanol–water partition coefficient (Wildman–Crippen LogP) is 3.80. The Hall–Kier alpha value is -1.32. The highest BCUT2D eigenvalue weighted by molar-refractivity contribution is 6.39. The van der Waals surface area contributed by atoms with E-state index in [2.05, 4.69) is 4.98 Å². The van der Waals surface area contributed by atoms with E-state index in [0.717, 1.165) is 0 Å². The Balaban J connectivity index is 2.88. The highest BCUT2D eigenvalue weighted by atomic mass is 35.5. The Morgan fingerprint density at radius 3 is 2.71 bits per heavy atom. The molecule has 0 saturated heterocycles. The van der Waals surface area contributed by atoms with Crippen LogP contribution in [-0.4, -0.2) is 16.1 Å². The van der Waals surface area contributed by atoms with Gasteiger partial charge in [0.15, 0.2) is 0 Å². The predicted molar refractivity (Wildman–Crippen MR) is 68.1 cm³/mol. The minimum atomic E-state index is -1.07. The summed E-state index contributed by atoms with van der Waals surface area (Å²) in [6.07, 6.45) is 0.514. The van der Waals surface area contributed by atoms with E-state index in [4.69, 9.17) is 28.3 Å². The number of halogens is 2. The summed E-state index contributed by atoms with van der Waals surface area (Å²) in [5.74, 6) is -1.07. The van der Waals surface area contributed by atoms with E-state index in [0.29, 0.717) is 28.0 Å². The van der Waals surface area contributed by atoms with Crippen LogP contribution in [0.3, 0.4) is 0 Å². The van der Waals surface area contributed by atoms with Crippen LogP contribution in [0.15, 0.2) is 18.2 Å². The van der Waals surface area contributed by atoms with Gasteiger partial charge in [0.1, 0.15) is 5.56 Å². The Kier molecular flexibility index (Phi) is 3.22. The van der Waals surface area contributed by atoms with E-state index in [1.54, 1.807) is 18.2 Å². The van der Waals surface area contributed by atoms with Crippen LogP contribution in [0.5, 0.6) is 0 Å². The Labute approximate surface area is 108 Å². The number of carbonyl (C=O) groups is 1. The van der Waals surface area contributed by atoms with E-state index in [1.807, 2.05) is 6.92 Å². The summed E-state index contributed by atoms with van der Waals surface area (Å²) >= 11 is 12.0. The second kappa shape index (κ2) is 4.51. The molecule has 0 aliphatic heterocycles. The Morgan fingerprint density at radius 2 is 2.12 bits per heavy atom. The summed E-state index contributed by atoms with van der Waals surface area (Å²) in [7, 11) is 0. The fourth-order valence-electron chi connectivity index (χ4n) is 1.72. The smallest absolute Gasteiger partial charge is 0.339 e. The monoisotopic (exact) mass is 269 g/mol. The van der Waals surface area contributed by atoms with Crippen molar-refractivity contribution in [3.8, 4) is 0 Å². The molecule has 0 spiro atoms. The van der Waals surface area contributed by atoms with Gasteiger partial charge in [0.2, 0.25) is 0 Å². The van der Waals surface area contributed by atoms with Gasteiger partial charge in [-0.1, -0.05) is 30.1 Å². The minimum absolute atomic E-state index is 0.0592. The van der Waals surface area contributed by atoms with Crippen molar-refractivity contribution in [1.82, 2.24) is 4.98 Å². The SMILES string of the molecule is CCc1nc2ccc(Cl)cc2c(Cl)c1C(=O)O. The van der Waals surface area contributed by atoms with Crippen LogP contribution < -0.4 is 0 Å². The summed E-state index contributed by atoms with van der Waals surface area (Å²) in [4.78, 5) is 15.5. The number of aromatic carboxylic acids is 1. The molecule has 1 heterocycles. The third-order valence-corrected chi connectivity index (χ3v) is 3.13. The molecule has 0 amide bonds. The molecular weight excluding hydrogens is 261 g/mol. The van der Waals surface area contributed by atoms with E-state index in [1.165, 1.54) is 0 Å². The number of hydrogen-bond donors (Lipinski definition) is 1. The lowest BCUT2D eigenvalue weighted by Gasteiger charge is -2.09. The number of fused-ring (bicyclic) bond motifs is 1. The maximum absolute atomic E-state index is 11.2. The highest BCUT2D eigenvalue weighted by Crippen LogP contribution is 2.30. The van der Waals surface area contributed by atoms with E-state index < -0.39 is 5.97 Å². The van der Waals surface area contributed by atoms with E-state index in [9.17, 15) is 4.79 Å². The molecule has 2 aromatic rings. The lowest BCUT2D eigenvalue weighted by atomic mass is 10.1. The fourth-order valence-corrected chi connectivity index (χ4v) is 2.23. The molecule has 0 radical (unpaired) electrons. The molecule has 3 nitrogen and oxygen atoms in total. The quantitative estimate of drug-likeness (QED) is 0.902. The number of carboxylic acids is 1. The second-order valence-electron chi connectivity index (χ2n) is 3.57. The van der Waals surface area contributed by atoms with Gasteiger partial charge in [0.05, 0.1) is 16.2 Å². The maximum Gasteiger partial charge on any atom is 0.339 e. The number of hydrogen-bond acceptors (Lipinski definition) is 2. The van der Waals surface area contributed by atoms with E-state index in [-0.39, 0.29) is 10.6 Å². The highest BCUT2D eigenvalue weighted by Gasteiger charge is 2.18. The van der Waals surface area contributed by atoms with Crippen LogP contribution >= 0.6 is 23.2 Å². The summed E-state index contributed by atoms with van der Waals surface area (Å²) < 4.78 is 0. The van der Waals surface area contributed by atoms with E-state index >= 15 is 0 Å². The van der Waals surface area contributed by atoms with Crippen LogP contribution in [0.4, 0.5) is 0 Å². The average Bonchev–Trinajstić information content (AvgIpc) is 2.29. The molecule has 0 bridgehead atoms. The summed E-state index contributed by atoms with van der Waals surface area (Å²) in [5, 5.41) is 10.4. The average molecular weight is 270 g/mol. The van der Waals surface area contributed by atoms with Crippen LogP contribution in [0.2, 0.25) is 10.0 Å². The number of nitrogens with zero attached hydrogens (tertiary/aromatic N) is 1. The van der Waals surface area contributed by atoms with Gasteiger partial charge < -0.3 is 5.11 Å². The van der Waals surface area contributed by atoms with Crippen LogP contribution in [0.25, 0.3) is 10.9 Å². The maximum atomic E-state index is 11.2. The molecule has 1 N–H and O–H groups in total. The summed E-state index contributed by atoms with van der Waals surface area (Å²) in [6.45, 7) is 1.84. The molecule has 0 aliphatic carbocycles. The molecule has 0 fully saturated rings. The minimum Gasteiger partial charge on any atom is -0.478 e. The van der Waals surface area contributed by atoms with Gasteiger partial charge in [-0.05, 0) is 24.6 Å². The molecule has 0 unspecified atom stereocenters. The van der Waals surface area contributed by atoms with Crippen molar-refractivity contribution in [1.29, 1.82) is 0 Å². The van der Waals surface area contributed by atoms with Gasteiger partial charge in [0, 0.05) is 10.4 Å². The molecule has 1 aromatic heterocycles. The van der Waals surface area contributed by atoms with Gasteiger partial charge in [0.25, 0.3) is 0 Å². The molecule has 1 aromatic carbocycles. The number of benzene rings is 1. The number of aryl methyl sites for hydroxylation is 1. The topological polar surface area (TPSA) is 50.2 Å². The van der Waals surface area contributed by atoms with Crippen molar-refractivity contribution in [2.45, 2.75) is 13.3 Å². The van der Waals surface area contributed by atoms with Crippen molar-refractivity contribution in [3.63, 3.8) is 0 Å². The number of carboxylic acid groups (broad SMARTS) is 1. The zero-order valence-corrected chi connectivity index (χ0v) is 10.5. The van der Waals surface area contributed by atoms with Crippen molar-refractivity contribution in [2.24, 2.45) is 0 Å². The molecule has 2 rings (SSSR count). The third kappa shape index (κ3) is 2.08. The van der Waals surface area contributed by atoms with Gasteiger partial charge >= 0.3 is 5.97 Å². The zero-order valence-electron chi connectivity index (χ0n) is 9.00. The molecule has 0 saturated carbocycles. The normalized spacial score (nSPS) is 10.8. The van der Waals surface area contributed by atoms with Crippen LogP contribution in [-0.2, 0) is 6.42 Å². The standard InChI is InChI=1S/C12H9Cl2NO2/c1-2-8-10(12(16)17)11(14)7-5-6(13)3-4-9(7)15-8/h3-5H,2H2,1H3,(H,16,17). The van der Waals surface area contributed by atoms with Gasteiger partial charge in [-0.15, -0.1) is 0 Å². The molecule has 88 valence electrons. The molecule has 0 aliphatic rings. The lowest BCUT2D eigenvalue weighted by Crippen LogP contribution is -2.06. The van der Waals surface area contributed by atoms with Crippen LogP contribution in [0.1, 0.15) is 23.0 Å². The zero-order chi connectivity index (χ0) is 12.6. The first kappa shape index (κ1) is 12.1. The first-order valence-electron chi connectivity index (χ1n) is 5.05. The lowest BCUT2D eigenvalue weighted by molar-refractivity contribution is 0.0695. The number of aromatic nitrogens is 1. The van der Waals surface area contributed by atoms with Crippen molar-refractivity contribution in [2.75, 3.05) is 0 Å². The first-order chi connectivity index (χ1) is 8.04. The first-order valence-corrected chi connectivity index (χ1v) is 5.81. The Bertz CT molecular complexity index is 611. The third-order valence-electron chi connectivity index (χ3n) is 2.51. The molecular formula is C12H9Cl2NO2. The molecule has 5 heteroatoms. The number of pyridine rings is 1.